The molecule has 0 amide bonds. The molecule has 0 aliphatic heterocycles. The Kier molecular flexibility index (Phi) is 4.81. The summed E-state index contributed by atoms with van der Waals surface area (Å²) in [4.78, 5) is 0. The molecule has 0 bridgehead atoms. The maximum absolute atomic E-state index is 4.44. The second-order valence-electron chi connectivity index (χ2n) is 5.75. The third-order valence-corrected chi connectivity index (χ3v) is 4.14. The van der Waals surface area contributed by atoms with E-state index in [1.807, 2.05) is 4.68 Å². The molecule has 3 nitrogen and oxygen atoms in total. The van der Waals surface area contributed by atoms with E-state index < -0.39 is 0 Å². The Balaban J connectivity index is 1.94. The van der Waals surface area contributed by atoms with Crippen LogP contribution >= 0.6 is 0 Å². The van der Waals surface area contributed by atoms with Crippen LogP contribution in [0.4, 0.5) is 0 Å². The minimum absolute atomic E-state index is 0.618. The Bertz CT molecular complexity index is 364. The van der Waals surface area contributed by atoms with E-state index in [4.69, 9.17) is 0 Å². The van der Waals surface area contributed by atoms with Crippen molar-refractivity contribution in [3.05, 3.63) is 17.5 Å². The minimum atomic E-state index is 0.618. The normalized spacial score (nSPS) is 18.4. The molecule has 1 atom stereocenters. The first-order valence-electron chi connectivity index (χ1n) is 7.42. The molecule has 1 heterocycles. The van der Waals surface area contributed by atoms with Gasteiger partial charge in [0.15, 0.2) is 0 Å². The van der Waals surface area contributed by atoms with E-state index in [2.05, 4.69) is 37.4 Å². The molecule has 2 rings (SSSR count). The number of aromatic nitrogens is 2. The van der Waals surface area contributed by atoms with Gasteiger partial charge in [0, 0.05) is 25.2 Å². The smallest absolute Gasteiger partial charge is 0.0596 e. The van der Waals surface area contributed by atoms with Gasteiger partial charge in [0.2, 0.25) is 0 Å². The highest BCUT2D eigenvalue weighted by Crippen LogP contribution is 2.29. The molecule has 18 heavy (non-hydrogen) atoms. The lowest BCUT2D eigenvalue weighted by atomic mass is 9.95. The second kappa shape index (κ2) is 6.37. The van der Waals surface area contributed by atoms with Crippen molar-refractivity contribution in [2.45, 2.75) is 58.4 Å². The van der Waals surface area contributed by atoms with Crippen molar-refractivity contribution >= 4 is 0 Å². The van der Waals surface area contributed by atoms with Gasteiger partial charge in [0.25, 0.3) is 0 Å². The molecule has 0 spiro atoms. The number of hydrogen-bond acceptors (Lipinski definition) is 2. The topological polar surface area (TPSA) is 29.9 Å². The third kappa shape index (κ3) is 3.58. The number of hydrogen-bond donors (Lipinski definition) is 1. The number of nitrogens with zero attached hydrogens (tertiary/aromatic N) is 2. The molecule has 1 fully saturated rings. The molecule has 1 saturated carbocycles. The SMILES string of the molecule is CCNC(Cc1cc(C)nn1C)CC1CCCC1. The van der Waals surface area contributed by atoms with Gasteiger partial charge in [-0.1, -0.05) is 32.6 Å². The monoisotopic (exact) mass is 249 g/mol. The molecule has 0 saturated heterocycles. The van der Waals surface area contributed by atoms with Crippen molar-refractivity contribution in [1.82, 2.24) is 15.1 Å². The third-order valence-electron chi connectivity index (χ3n) is 4.14. The van der Waals surface area contributed by atoms with Crippen LogP contribution in [0.25, 0.3) is 0 Å². The summed E-state index contributed by atoms with van der Waals surface area (Å²) in [5, 5.41) is 8.10. The first-order chi connectivity index (χ1) is 8.69. The van der Waals surface area contributed by atoms with E-state index in [0.29, 0.717) is 6.04 Å². The van der Waals surface area contributed by atoms with E-state index in [1.165, 1.54) is 37.8 Å². The molecule has 102 valence electrons. The van der Waals surface area contributed by atoms with Crippen molar-refractivity contribution in [3.8, 4) is 0 Å². The molecule has 1 aliphatic rings. The van der Waals surface area contributed by atoms with Crippen LogP contribution in [0.1, 0.15) is 50.4 Å². The number of rotatable bonds is 6. The quantitative estimate of drug-likeness (QED) is 0.840. The molecule has 1 unspecified atom stereocenters. The van der Waals surface area contributed by atoms with Crippen molar-refractivity contribution in [3.63, 3.8) is 0 Å². The molecule has 0 aromatic carbocycles. The van der Waals surface area contributed by atoms with Crippen molar-refractivity contribution < 1.29 is 0 Å². The fraction of sp³-hybridized carbons (Fsp3) is 0.800. The molecular formula is C15H27N3. The summed E-state index contributed by atoms with van der Waals surface area (Å²) in [5.41, 5.74) is 2.49. The Morgan fingerprint density at radius 3 is 2.72 bits per heavy atom. The lowest BCUT2D eigenvalue weighted by Gasteiger charge is -2.21. The molecule has 1 aromatic heterocycles. The predicted octanol–water partition coefficient (Wildman–Crippen LogP) is 2.83. The lowest BCUT2D eigenvalue weighted by Crippen LogP contribution is -2.33. The summed E-state index contributed by atoms with van der Waals surface area (Å²) >= 11 is 0. The number of aryl methyl sites for hydroxylation is 2. The van der Waals surface area contributed by atoms with Gasteiger partial charge in [0.05, 0.1) is 5.69 Å². The van der Waals surface area contributed by atoms with E-state index in [9.17, 15) is 0 Å². The maximum atomic E-state index is 4.44. The van der Waals surface area contributed by atoms with Crippen LogP contribution in [0.3, 0.4) is 0 Å². The van der Waals surface area contributed by atoms with Crippen LogP contribution in [-0.4, -0.2) is 22.4 Å². The van der Waals surface area contributed by atoms with Gasteiger partial charge in [-0.2, -0.15) is 5.10 Å². The zero-order valence-corrected chi connectivity index (χ0v) is 12.1. The second-order valence-corrected chi connectivity index (χ2v) is 5.75. The Morgan fingerprint density at radius 1 is 1.44 bits per heavy atom. The number of likely N-dealkylation sites (N-methyl/N-ethyl adjacent to an activating group) is 1. The molecule has 0 radical (unpaired) electrons. The van der Waals surface area contributed by atoms with Gasteiger partial charge >= 0.3 is 0 Å². The van der Waals surface area contributed by atoms with Crippen LogP contribution in [0.15, 0.2) is 6.07 Å². The van der Waals surface area contributed by atoms with Gasteiger partial charge in [-0.05, 0) is 31.9 Å². The minimum Gasteiger partial charge on any atom is -0.314 e. The number of nitrogens with one attached hydrogen (secondary N) is 1. The first-order valence-corrected chi connectivity index (χ1v) is 7.42. The summed E-state index contributed by atoms with van der Waals surface area (Å²) in [5.74, 6) is 0.948. The highest BCUT2D eigenvalue weighted by Gasteiger charge is 2.20. The van der Waals surface area contributed by atoms with Crippen molar-refractivity contribution in [2.24, 2.45) is 13.0 Å². The maximum Gasteiger partial charge on any atom is 0.0596 e. The predicted molar refractivity (Wildman–Crippen MR) is 75.7 cm³/mol. The fourth-order valence-corrected chi connectivity index (χ4v) is 3.28. The molecule has 1 N–H and O–H groups in total. The van der Waals surface area contributed by atoms with Gasteiger partial charge in [-0.3, -0.25) is 4.68 Å². The van der Waals surface area contributed by atoms with Crippen LogP contribution in [-0.2, 0) is 13.5 Å². The molecule has 3 heteroatoms. The van der Waals surface area contributed by atoms with Crippen molar-refractivity contribution in [2.75, 3.05) is 6.54 Å². The average Bonchev–Trinajstić information content (AvgIpc) is 2.90. The Hall–Kier alpha value is -0.830. The van der Waals surface area contributed by atoms with Crippen LogP contribution < -0.4 is 5.32 Å². The van der Waals surface area contributed by atoms with Crippen LogP contribution in [0.2, 0.25) is 0 Å². The summed E-state index contributed by atoms with van der Waals surface area (Å²) in [7, 11) is 2.06. The molecule has 1 aliphatic carbocycles. The molecule has 1 aromatic rings. The van der Waals surface area contributed by atoms with Crippen molar-refractivity contribution in [1.29, 1.82) is 0 Å². The van der Waals surface area contributed by atoms with E-state index in [-0.39, 0.29) is 0 Å². The standard InChI is InChI=1S/C15H27N3/c1-4-16-14(10-13-7-5-6-8-13)11-15-9-12(2)17-18(15)3/h9,13-14,16H,4-8,10-11H2,1-3H3. The summed E-state index contributed by atoms with van der Waals surface area (Å²) in [6.45, 7) is 5.34. The fourth-order valence-electron chi connectivity index (χ4n) is 3.28. The van der Waals surface area contributed by atoms with Crippen LogP contribution in [0.5, 0.6) is 0 Å². The summed E-state index contributed by atoms with van der Waals surface area (Å²) < 4.78 is 2.04. The highest BCUT2D eigenvalue weighted by atomic mass is 15.3. The largest absolute Gasteiger partial charge is 0.314 e. The van der Waals surface area contributed by atoms with Gasteiger partial charge in [-0.25, -0.2) is 0 Å². The highest BCUT2D eigenvalue weighted by molar-refractivity contribution is 5.10. The van der Waals surface area contributed by atoms with E-state index in [1.54, 1.807) is 0 Å². The van der Waals surface area contributed by atoms with Gasteiger partial charge in [-0.15, -0.1) is 0 Å². The Labute approximate surface area is 111 Å². The average molecular weight is 249 g/mol. The van der Waals surface area contributed by atoms with Gasteiger partial charge < -0.3 is 5.32 Å². The summed E-state index contributed by atoms with van der Waals surface area (Å²) in [6.07, 6.45) is 8.20. The first kappa shape index (κ1) is 13.6. The Morgan fingerprint density at radius 2 is 2.17 bits per heavy atom. The zero-order valence-electron chi connectivity index (χ0n) is 12.1. The zero-order chi connectivity index (χ0) is 13.0. The van der Waals surface area contributed by atoms with E-state index in [0.717, 1.165) is 24.6 Å². The summed E-state index contributed by atoms with van der Waals surface area (Å²) in [6, 6.07) is 2.84. The molecular weight excluding hydrogens is 222 g/mol. The van der Waals surface area contributed by atoms with Gasteiger partial charge in [0.1, 0.15) is 0 Å². The lowest BCUT2D eigenvalue weighted by molar-refractivity contribution is 0.385. The van der Waals surface area contributed by atoms with Crippen LogP contribution in [0, 0.1) is 12.8 Å². The van der Waals surface area contributed by atoms with E-state index >= 15 is 0 Å².